The van der Waals surface area contributed by atoms with Crippen LogP contribution in [0.15, 0.2) is 59.5 Å². The van der Waals surface area contributed by atoms with Crippen molar-refractivity contribution in [1.29, 1.82) is 5.26 Å². The van der Waals surface area contributed by atoms with Crippen LogP contribution < -0.4 is 10.0 Å². The van der Waals surface area contributed by atoms with Gasteiger partial charge in [-0.15, -0.1) is 0 Å². The van der Waals surface area contributed by atoms with Crippen molar-refractivity contribution in [3.8, 4) is 6.07 Å². The van der Waals surface area contributed by atoms with E-state index in [1.165, 1.54) is 12.1 Å². The SMILES string of the molecule is N#Cc1ccccc1NC(=O)CNS(=O)(=O)c1ccccc1. The van der Waals surface area contributed by atoms with Gasteiger partial charge in [0.2, 0.25) is 15.9 Å². The molecule has 0 saturated carbocycles. The molecule has 0 unspecified atom stereocenters. The van der Waals surface area contributed by atoms with E-state index in [0.717, 1.165) is 0 Å². The molecule has 2 N–H and O–H groups in total. The normalized spacial score (nSPS) is 10.7. The molecular weight excluding hydrogens is 302 g/mol. The van der Waals surface area contributed by atoms with E-state index < -0.39 is 22.5 Å². The fourth-order valence-electron chi connectivity index (χ4n) is 1.73. The van der Waals surface area contributed by atoms with Crippen molar-refractivity contribution in [3.05, 3.63) is 60.2 Å². The van der Waals surface area contributed by atoms with Gasteiger partial charge in [0.1, 0.15) is 6.07 Å². The monoisotopic (exact) mass is 315 g/mol. The van der Waals surface area contributed by atoms with Crippen LogP contribution >= 0.6 is 0 Å². The highest BCUT2D eigenvalue weighted by Crippen LogP contribution is 2.13. The minimum atomic E-state index is -3.74. The zero-order valence-corrected chi connectivity index (χ0v) is 12.3. The largest absolute Gasteiger partial charge is 0.324 e. The quantitative estimate of drug-likeness (QED) is 0.873. The van der Waals surface area contributed by atoms with Gasteiger partial charge in [-0.25, -0.2) is 13.1 Å². The summed E-state index contributed by atoms with van der Waals surface area (Å²) >= 11 is 0. The lowest BCUT2D eigenvalue weighted by atomic mass is 10.2. The highest BCUT2D eigenvalue weighted by molar-refractivity contribution is 7.89. The third-order valence-electron chi connectivity index (χ3n) is 2.80. The van der Waals surface area contributed by atoms with Gasteiger partial charge in [0.15, 0.2) is 0 Å². The molecule has 2 aromatic rings. The van der Waals surface area contributed by atoms with Crippen LogP contribution in [0.4, 0.5) is 5.69 Å². The first kappa shape index (κ1) is 15.7. The Bertz CT molecular complexity index is 811. The second-order valence-corrected chi connectivity index (χ2v) is 6.11. The second-order valence-electron chi connectivity index (χ2n) is 4.34. The van der Waals surface area contributed by atoms with E-state index in [1.54, 1.807) is 42.5 Å². The molecule has 22 heavy (non-hydrogen) atoms. The van der Waals surface area contributed by atoms with Crippen molar-refractivity contribution in [2.45, 2.75) is 4.90 Å². The lowest BCUT2D eigenvalue weighted by Crippen LogP contribution is -2.33. The van der Waals surface area contributed by atoms with Crippen molar-refractivity contribution in [2.75, 3.05) is 11.9 Å². The standard InChI is InChI=1S/C15H13N3O3S/c16-10-12-6-4-5-9-14(12)18-15(19)11-17-22(20,21)13-7-2-1-3-8-13/h1-9,17H,11H2,(H,18,19). The van der Waals surface area contributed by atoms with Crippen LogP contribution in [-0.2, 0) is 14.8 Å². The Labute approximate surface area is 128 Å². The molecule has 0 aliphatic carbocycles. The average molecular weight is 315 g/mol. The fourth-order valence-corrected chi connectivity index (χ4v) is 2.73. The summed E-state index contributed by atoms with van der Waals surface area (Å²) in [7, 11) is -3.74. The Balaban J connectivity index is 2.01. The second kappa shape index (κ2) is 6.85. The molecular formula is C15H13N3O3S. The Kier molecular flexibility index (Phi) is 4.88. The topological polar surface area (TPSA) is 99.1 Å². The van der Waals surface area contributed by atoms with Gasteiger partial charge in [-0.05, 0) is 24.3 Å². The number of sulfonamides is 1. The molecule has 0 bridgehead atoms. The predicted molar refractivity (Wildman–Crippen MR) is 81.4 cm³/mol. The number of anilines is 1. The Morgan fingerprint density at radius 3 is 2.36 bits per heavy atom. The summed E-state index contributed by atoms with van der Waals surface area (Å²) in [6, 6.07) is 16.2. The van der Waals surface area contributed by atoms with Crippen molar-refractivity contribution in [2.24, 2.45) is 0 Å². The number of para-hydroxylation sites is 1. The van der Waals surface area contributed by atoms with Gasteiger partial charge in [-0.3, -0.25) is 4.79 Å². The summed E-state index contributed by atoms with van der Waals surface area (Å²) in [6.07, 6.45) is 0. The number of benzene rings is 2. The van der Waals surface area contributed by atoms with E-state index in [9.17, 15) is 13.2 Å². The molecule has 0 atom stereocenters. The van der Waals surface area contributed by atoms with Crippen LogP contribution in [0, 0.1) is 11.3 Å². The molecule has 7 heteroatoms. The smallest absolute Gasteiger partial charge is 0.241 e. The van der Waals surface area contributed by atoms with Crippen molar-refractivity contribution in [3.63, 3.8) is 0 Å². The van der Waals surface area contributed by atoms with Gasteiger partial charge < -0.3 is 5.32 Å². The number of nitrogens with one attached hydrogen (secondary N) is 2. The molecule has 0 radical (unpaired) electrons. The lowest BCUT2D eigenvalue weighted by molar-refractivity contribution is -0.115. The summed E-state index contributed by atoms with van der Waals surface area (Å²) in [4.78, 5) is 11.9. The maximum atomic E-state index is 12.0. The van der Waals surface area contributed by atoms with Gasteiger partial charge in [0, 0.05) is 0 Å². The van der Waals surface area contributed by atoms with Gasteiger partial charge >= 0.3 is 0 Å². The van der Waals surface area contributed by atoms with E-state index in [1.807, 2.05) is 6.07 Å². The van der Waals surface area contributed by atoms with Crippen LogP contribution in [0.2, 0.25) is 0 Å². The van der Waals surface area contributed by atoms with Crippen LogP contribution in [0.25, 0.3) is 0 Å². The molecule has 2 aromatic carbocycles. The number of nitrogens with zero attached hydrogens (tertiary/aromatic N) is 1. The Hall–Kier alpha value is -2.69. The minimum absolute atomic E-state index is 0.0835. The third kappa shape index (κ3) is 3.91. The average Bonchev–Trinajstić information content (AvgIpc) is 2.54. The maximum absolute atomic E-state index is 12.0. The summed E-state index contributed by atoms with van der Waals surface area (Å²) in [5, 5.41) is 11.4. The molecule has 0 heterocycles. The molecule has 0 spiro atoms. The van der Waals surface area contributed by atoms with Gasteiger partial charge in [0.05, 0.1) is 22.7 Å². The van der Waals surface area contributed by atoms with Crippen LogP contribution in [0.5, 0.6) is 0 Å². The summed E-state index contributed by atoms with van der Waals surface area (Å²) in [5.74, 6) is -0.554. The van der Waals surface area contributed by atoms with Crippen molar-refractivity contribution in [1.82, 2.24) is 4.72 Å². The zero-order valence-electron chi connectivity index (χ0n) is 11.5. The first-order valence-corrected chi connectivity index (χ1v) is 7.85. The van der Waals surface area contributed by atoms with Crippen molar-refractivity contribution >= 4 is 21.6 Å². The summed E-state index contributed by atoms with van der Waals surface area (Å²) in [6.45, 7) is -0.420. The minimum Gasteiger partial charge on any atom is -0.324 e. The molecule has 0 aromatic heterocycles. The molecule has 6 nitrogen and oxygen atoms in total. The highest BCUT2D eigenvalue weighted by Gasteiger charge is 2.15. The van der Waals surface area contributed by atoms with E-state index in [0.29, 0.717) is 11.3 Å². The molecule has 0 aliphatic heterocycles. The number of nitriles is 1. The van der Waals surface area contributed by atoms with Crippen LogP contribution in [0.3, 0.4) is 0 Å². The Morgan fingerprint density at radius 1 is 1.05 bits per heavy atom. The van der Waals surface area contributed by atoms with Gasteiger partial charge in [-0.2, -0.15) is 5.26 Å². The van der Waals surface area contributed by atoms with Crippen LogP contribution in [-0.4, -0.2) is 20.9 Å². The van der Waals surface area contributed by atoms with Crippen molar-refractivity contribution < 1.29 is 13.2 Å². The van der Waals surface area contributed by atoms with Gasteiger partial charge in [0.25, 0.3) is 0 Å². The van der Waals surface area contributed by atoms with E-state index in [-0.39, 0.29) is 4.90 Å². The number of carbonyl (C=O) groups excluding carboxylic acids is 1. The van der Waals surface area contributed by atoms with E-state index in [2.05, 4.69) is 10.0 Å². The highest BCUT2D eigenvalue weighted by atomic mass is 32.2. The third-order valence-corrected chi connectivity index (χ3v) is 4.22. The first-order valence-electron chi connectivity index (χ1n) is 6.36. The molecule has 112 valence electrons. The summed E-state index contributed by atoms with van der Waals surface area (Å²) < 4.78 is 26.1. The van der Waals surface area contributed by atoms with E-state index in [4.69, 9.17) is 5.26 Å². The Morgan fingerprint density at radius 2 is 1.68 bits per heavy atom. The maximum Gasteiger partial charge on any atom is 0.241 e. The van der Waals surface area contributed by atoms with Crippen LogP contribution in [0.1, 0.15) is 5.56 Å². The molecule has 0 fully saturated rings. The molecule has 2 rings (SSSR count). The predicted octanol–water partition coefficient (Wildman–Crippen LogP) is 1.48. The molecule has 1 amide bonds. The number of amides is 1. The number of carbonyl (C=O) groups is 1. The summed E-state index contributed by atoms with van der Waals surface area (Å²) in [5.41, 5.74) is 0.649. The first-order chi connectivity index (χ1) is 10.5. The number of hydrogen-bond donors (Lipinski definition) is 2. The molecule has 0 aliphatic rings. The number of hydrogen-bond acceptors (Lipinski definition) is 4. The van der Waals surface area contributed by atoms with E-state index >= 15 is 0 Å². The lowest BCUT2D eigenvalue weighted by Gasteiger charge is -2.08. The zero-order chi connectivity index (χ0) is 16.0. The fraction of sp³-hybridized carbons (Fsp3) is 0.0667. The molecule has 0 saturated heterocycles. The van der Waals surface area contributed by atoms with Gasteiger partial charge in [-0.1, -0.05) is 30.3 Å². The number of rotatable bonds is 5.